The highest BCUT2D eigenvalue weighted by atomic mass is 32.2. The first-order valence-electron chi connectivity index (χ1n) is 8.48. The third-order valence-corrected chi connectivity index (χ3v) is 6.56. The fourth-order valence-electron chi connectivity index (χ4n) is 3.38. The van der Waals surface area contributed by atoms with E-state index in [9.17, 15) is 8.42 Å². The Bertz CT molecular complexity index is 812. The fourth-order valence-corrected chi connectivity index (χ4v) is 4.54. The van der Waals surface area contributed by atoms with Crippen molar-refractivity contribution in [3.05, 3.63) is 52.8 Å². The minimum Gasteiger partial charge on any atom is -0.282 e. The van der Waals surface area contributed by atoms with Crippen LogP contribution in [0.2, 0.25) is 0 Å². The van der Waals surface area contributed by atoms with Crippen LogP contribution in [0.15, 0.2) is 30.3 Å². The molecule has 1 aromatic heterocycles. The average molecular weight is 346 g/mol. The number of fused-ring (bicyclic) bond motifs is 1. The quantitative estimate of drug-likeness (QED) is 0.870. The van der Waals surface area contributed by atoms with Crippen LogP contribution in [-0.2, 0) is 29.7 Å². The molecule has 24 heavy (non-hydrogen) atoms. The molecule has 0 spiro atoms. The number of hydrogen-bond acceptors (Lipinski definition) is 3. The van der Waals surface area contributed by atoms with E-state index in [2.05, 4.69) is 14.9 Å². The average Bonchev–Trinajstić information content (AvgIpc) is 2.96. The Labute approximate surface area is 142 Å². The molecule has 0 radical (unpaired) electrons. The van der Waals surface area contributed by atoms with E-state index in [0.717, 1.165) is 35.4 Å². The third-order valence-electron chi connectivity index (χ3n) is 5.06. The highest BCUT2D eigenvalue weighted by molar-refractivity contribution is 7.87. The summed E-state index contributed by atoms with van der Waals surface area (Å²) in [5.74, 6) is 0.505. The minimum absolute atomic E-state index is 0.313. The Kier molecular flexibility index (Phi) is 4.15. The van der Waals surface area contributed by atoms with Crippen LogP contribution in [0.1, 0.15) is 47.7 Å². The van der Waals surface area contributed by atoms with Crippen molar-refractivity contribution in [2.75, 3.05) is 6.54 Å². The number of nitrogens with zero attached hydrogens (tertiary/aromatic N) is 2. The second kappa shape index (κ2) is 6.31. The molecule has 1 aromatic carbocycles. The molecule has 0 amide bonds. The summed E-state index contributed by atoms with van der Waals surface area (Å²) in [5.41, 5.74) is 4.24. The first-order valence-corrected chi connectivity index (χ1v) is 9.92. The van der Waals surface area contributed by atoms with Gasteiger partial charge < -0.3 is 0 Å². The van der Waals surface area contributed by atoms with Crippen LogP contribution in [0.5, 0.6) is 0 Å². The lowest BCUT2D eigenvalue weighted by Crippen LogP contribution is -2.43. The van der Waals surface area contributed by atoms with E-state index in [1.165, 1.54) is 10.7 Å². The topological polar surface area (TPSA) is 78.1 Å². The van der Waals surface area contributed by atoms with Gasteiger partial charge in [-0.25, -0.2) is 0 Å². The maximum atomic E-state index is 12.6. The van der Waals surface area contributed by atoms with Crippen molar-refractivity contribution in [2.24, 2.45) is 0 Å². The van der Waals surface area contributed by atoms with Crippen LogP contribution in [0.25, 0.3) is 0 Å². The van der Waals surface area contributed by atoms with Gasteiger partial charge >= 0.3 is 0 Å². The number of aromatic nitrogens is 2. The number of benzene rings is 1. The Morgan fingerprint density at radius 1 is 1.25 bits per heavy atom. The molecule has 1 aliphatic heterocycles. The predicted octanol–water partition coefficient (Wildman–Crippen LogP) is 2.07. The van der Waals surface area contributed by atoms with Gasteiger partial charge in [0.25, 0.3) is 10.2 Å². The molecule has 4 rings (SSSR count). The molecule has 6 nitrogen and oxygen atoms in total. The molecular weight excluding hydrogens is 324 g/mol. The van der Waals surface area contributed by atoms with E-state index in [4.69, 9.17) is 0 Å². The molecule has 7 heteroatoms. The standard InChI is InChI=1S/C17H22N4O2S/c22-24(23,18-11-13-5-2-1-3-6-13)21-10-9-16-15(12-21)17(20-19-16)14-7-4-8-14/h1-3,5-6,14,18H,4,7-12H2,(H,19,20). The van der Waals surface area contributed by atoms with Crippen LogP contribution in [-0.4, -0.2) is 29.5 Å². The molecular formula is C17H22N4O2S. The molecule has 0 bridgehead atoms. The third kappa shape index (κ3) is 2.99. The van der Waals surface area contributed by atoms with Gasteiger partial charge in [-0.3, -0.25) is 5.10 Å². The largest absolute Gasteiger partial charge is 0.282 e. The molecule has 2 heterocycles. The van der Waals surface area contributed by atoms with Gasteiger partial charge in [-0.15, -0.1) is 0 Å². The molecule has 1 saturated carbocycles. The van der Waals surface area contributed by atoms with Gasteiger partial charge in [-0.05, 0) is 18.4 Å². The van der Waals surface area contributed by atoms with Crippen molar-refractivity contribution in [3.63, 3.8) is 0 Å². The van der Waals surface area contributed by atoms with E-state index in [-0.39, 0.29) is 0 Å². The molecule has 0 unspecified atom stereocenters. The van der Waals surface area contributed by atoms with E-state index >= 15 is 0 Å². The normalized spacial score (nSPS) is 19.0. The van der Waals surface area contributed by atoms with Crippen molar-refractivity contribution >= 4 is 10.2 Å². The van der Waals surface area contributed by atoms with E-state index in [0.29, 0.717) is 32.0 Å². The predicted molar refractivity (Wildman–Crippen MR) is 91.5 cm³/mol. The zero-order valence-electron chi connectivity index (χ0n) is 13.5. The molecule has 2 aliphatic rings. The van der Waals surface area contributed by atoms with Gasteiger partial charge in [0.1, 0.15) is 0 Å². The van der Waals surface area contributed by atoms with Crippen molar-refractivity contribution in [2.45, 2.75) is 44.7 Å². The Hall–Kier alpha value is -1.70. The number of H-pyrrole nitrogens is 1. The van der Waals surface area contributed by atoms with Gasteiger partial charge in [-0.1, -0.05) is 36.8 Å². The van der Waals surface area contributed by atoms with Crippen molar-refractivity contribution in [1.82, 2.24) is 19.2 Å². The van der Waals surface area contributed by atoms with Gasteiger partial charge in [-0.2, -0.15) is 22.5 Å². The van der Waals surface area contributed by atoms with Gasteiger partial charge in [0.2, 0.25) is 0 Å². The molecule has 0 saturated heterocycles. The van der Waals surface area contributed by atoms with Gasteiger partial charge in [0, 0.05) is 43.2 Å². The lowest BCUT2D eigenvalue weighted by Gasteiger charge is -2.29. The molecule has 2 N–H and O–H groups in total. The van der Waals surface area contributed by atoms with Crippen LogP contribution < -0.4 is 4.72 Å². The SMILES string of the molecule is O=S(=O)(NCc1ccccc1)N1CCc2[nH]nc(C3CCC3)c2C1. The smallest absolute Gasteiger partial charge is 0.280 e. The lowest BCUT2D eigenvalue weighted by molar-refractivity contribution is 0.370. The van der Waals surface area contributed by atoms with Crippen LogP contribution in [0.4, 0.5) is 0 Å². The fraction of sp³-hybridized carbons (Fsp3) is 0.471. The first-order chi connectivity index (χ1) is 11.6. The highest BCUT2D eigenvalue weighted by Gasteiger charge is 2.33. The van der Waals surface area contributed by atoms with Crippen LogP contribution in [0.3, 0.4) is 0 Å². The Morgan fingerprint density at radius 3 is 2.75 bits per heavy atom. The zero-order valence-corrected chi connectivity index (χ0v) is 14.3. The lowest BCUT2D eigenvalue weighted by atomic mass is 9.81. The number of nitrogens with one attached hydrogen (secondary N) is 2. The highest BCUT2D eigenvalue weighted by Crippen LogP contribution is 2.39. The number of hydrogen-bond donors (Lipinski definition) is 2. The van der Waals surface area contributed by atoms with Crippen molar-refractivity contribution in [3.8, 4) is 0 Å². The Morgan fingerprint density at radius 2 is 2.04 bits per heavy atom. The van der Waals surface area contributed by atoms with Crippen molar-refractivity contribution < 1.29 is 8.42 Å². The van der Waals surface area contributed by atoms with Crippen LogP contribution in [0, 0.1) is 0 Å². The molecule has 1 aliphatic carbocycles. The maximum Gasteiger partial charge on any atom is 0.280 e. The summed E-state index contributed by atoms with van der Waals surface area (Å²) in [6.45, 7) is 1.22. The summed E-state index contributed by atoms with van der Waals surface area (Å²) in [7, 11) is -3.49. The minimum atomic E-state index is -3.49. The summed E-state index contributed by atoms with van der Waals surface area (Å²) in [6.07, 6.45) is 4.26. The second-order valence-corrected chi connectivity index (χ2v) is 8.34. The zero-order chi connectivity index (χ0) is 16.6. The number of rotatable bonds is 5. The van der Waals surface area contributed by atoms with E-state index in [1.807, 2.05) is 30.3 Å². The maximum absolute atomic E-state index is 12.6. The van der Waals surface area contributed by atoms with Gasteiger partial charge in [0.15, 0.2) is 0 Å². The van der Waals surface area contributed by atoms with Crippen molar-refractivity contribution in [1.29, 1.82) is 0 Å². The first kappa shape index (κ1) is 15.8. The molecule has 128 valence electrons. The summed E-state index contributed by atoms with van der Waals surface area (Å²) in [4.78, 5) is 0. The summed E-state index contributed by atoms with van der Waals surface area (Å²) in [5, 5.41) is 7.58. The second-order valence-electron chi connectivity index (χ2n) is 6.59. The monoisotopic (exact) mass is 346 g/mol. The summed E-state index contributed by atoms with van der Waals surface area (Å²) >= 11 is 0. The Balaban J connectivity index is 1.47. The molecule has 0 atom stereocenters. The summed E-state index contributed by atoms with van der Waals surface area (Å²) < 4.78 is 29.5. The molecule has 2 aromatic rings. The van der Waals surface area contributed by atoms with Crippen LogP contribution >= 0.6 is 0 Å². The number of aromatic amines is 1. The summed E-state index contributed by atoms with van der Waals surface area (Å²) in [6, 6.07) is 9.58. The van der Waals surface area contributed by atoms with E-state index in [1.54, 1.807) is 0 Å². The molecule has 1 fully saturated rings. The van der Waals surface area contributed by atoms with Gasteiger partial charge in [0.05, 0.1) is 5.69 Å². The van der Waals surface area contributed by atoms with E-state index < -0.39 is 10.2 Å².